The zero-order chi connectivity index (χ0) is 22.4. The topological polar surface area (TPSA) is 75.4 Å². The molecule has 3 atom stereocenters. The van der Waals surface area contributed by atoms with E-state index in [-0.39, 0.29) is 17.4 Å². The van der Waals surface area contributed by atoms with Crippen molar-refractivity contribution in [3.8, 4) is 11.5 Å². The number of likely N-dealkylation sites (tertiary alicyclic amines) is 1. The van der Waals surface area contributed by atoms with Crippen molar-refractivity contribution >= 4 is 16.7 Å². The van der Waals surface area contributed by atoms with E-state index in [9.17, 15) is 9.00 Å². The molecule has 1 N–H and O–H groups in total. The van der Waals surface area contributed by atoms with E-state index >= 15 is 0 Å². The van der Waals surface area contributed by atoms with Crippen LogP contribution in [0.4, 0.5) is 0 Å². The highest BCUT2D eigenvalue weighted by atomic mass is 32.2. The second-order valence-electron chi connectivity index (χ2n) is 9.03. The van der Waals surface area contributed by atoms with E-state index in [1.165, 1.54) is 12.0 Å². The van der Waals surface area contributed by atoms with Gasteiger partial charge >= 0.3 is 0 Å². The number of carbonyl (C=O) groups excluding carboxylic acids is 1. The molecular weight excluding hydrogens is 410 g/mol. The molecule has 1 saturated heterocycles. The second-order valence-corrected chi connectivity index (χ2v) is 10.5. The third-order valence-corrected chi connectivity index (χ3v) is 6.88. The fourth-order valence-electron chi connectivity index (χ4n) is 4.29. The molecule has 0 radical (unpaired) electrons. The Balaban J connectivity index is 1.40. The molecule has 1 fully saturated rings. The molecule has 0 spiro atoms. The van der Waals surface area contributed by atoms with Crippen molar-refractivity contribution in [3.05, 3.63) is 41.3 Å². The molecule has 1 aliphatic rings. The van der Waals surface area contributed by atoms with Crippen molar-refractivity contribution in [3.63, 3.8) is 0 Å². The molecule has 170 valence electrons. The van der Waals surface area contributed by atoms with Crippen LogP contribution in [-0.4, -0.2) is 51.9 Å². The van der Waals surface area contributed by atoms with Gasteiger partial charge in [0.05, 0.1) is 11.4 Å². The number of nitrogens with one attached hydrogen (secondary N) is 1. The van der Waals surface area contributed by atoms with Gasteiger partial charge in [0.15, 0.2) is 0 Å². The average molecular weight is 446 g/mol. The van der Waals surface area contributed by atoms with Crippen LogP contribution < -0.4 is 5.32 Å². The van der Waals surface area contributed by atoms with Gasteiger partial charge in [-0.15, -0.1) is 0 Å². The number of oxazole rings is 1. The van der Waals surface area contributed by atoms with Crippen LogP contribution in [0.25, 0.3) is 11.5 Å². The highest BCUT2D eigenvalue weighted by molar-refractivity contribution is 7.84. The molecule has 3 rings (SSSR count). The molecule has 7 heteroatoms. The lowest BCUT2D eigenvalue weighted by molar-refractivity contribution is -0.118. The Morgan fingerprint density at radius 2 is 1.87 bits per heavy atom. The summed E-state index contributed by atoms with van der Waals surface area (Å²) in [5.74, 6) is 2.70. The first-order valence-electron chi connectivity index (χ1n) is 11.2. The van der Waals surface area contributed by atoms with Gasteiger partial charge in [-0.2, -0.15) is 0 Å². The SMILES string of the molecule is Cc1ccc(-c2nc(C[S@@](=O)CC(=O)NCCCN3C[C@H](C)C[C@H](C)C3)c(C)o2)cc1. The number of aromatic nitrogens is 1. The summed E-state index contributed by atoms with van der Waals surface area (Å²) in [6.45, 7) is 12.4. The molecule has 1 aromatic carbocycles. The molecule has 1 aliphatic heterocycles. The first kappa shape index (κ1) is 23.7. The lowest BCUT2D eigenvalue weighted by Crippen LogP contribution is -2.40. The number of nitrogens with zero attached hydrogens (tertiary/aromatic N) is 2. The minimum Gasteiger partial charge on any atom is -0.441 e. The third-order valence-electron chi connectivity index (χ3n) is 5.70. The average Bonchev–Trinajstić information content (AvgIpc) is 3.05. The zero-order valence-corrected chi connectivity index (χ0v) is 20.0. The summed E-state index contributed by atoms with van der Waals surface area (Å²) in [7, 11) is -1.32. The van der Waals surface area contributed by atoms with E-state index in [0.717, 1.165) is 43.5 Å². The fraction of sp³-hybridized carbons (Fsp3) is 0.583. The molecule has 0 bridgehead atoms. The van der Waals surface area contributed by atoms with Crippen molar-refractivity contribution in [2.75, 3.05) is 31.9 Å². The Bertz CT molecular complexity index is 884. The number of hydrogen-bond donors (Lipinski definition) is 1. The Morgan fingerprint density at radius 1 is 1.19 bits per heavy atom. The van der Waals surface area contributed by atoms with Crippen molar-refractivity contribution in [2.24, 2.45) is 11.8 Å². The second kappa shape index (κ2) is 11.0. The summed E-state index contributed by atoms with van der Waals surface area (Å²) in [5, 5.41) is 2.91. The minimum absolute atomic E-state index is 0.00997. The maximum absolute atomic E-state index is 12.5. The number of rotatable bonds is 9. The first-order valence-corrected chi connectivity index (χ1v) is 12.7. The highest BCUT2D eigenvalue weighted by Crippen LogP contribution is 2.23. The molecule has 0 aliphatic carbocycles. The number of hydrogen-bond acceptors (Lipinski definition) is 5. The normalized spacial score (nSPS) is 20.5. The van der Waals surface area contributed by atoms with Crippen LogP contribution in [0, 0.1) is 25.7 Å². The first-order chi connectivity index (χ1) is 14.8. The van der Waals surface area contributed by atoms with E-state index < -0.39 is 10.8 Å². The lowest BCUT2D eigenvalue weighted by Gasteiger charge is -2.34. The molecular formula is C24H35N3O3S. The molecule has 31 heavy (non-hydrogen) atoms. The number of benzene rings is 1. The largest absolute Gasteiger partial charge is 0.441 e. The predicted molar refractivity (Wildman–Crippen MR) is 125 cm³/mol. The summed E-state index contributed by atoms with van der Waals surface area (Å²) in [6.07, 6.45) is 2.22. The number of amides is 1. The Hall–Kier alpha value is -1.99. The van der Waals surface area contributed by atoms with Gasteiger partial charge in [-0.25, -0.2) is 4.98 Å². The molecule has 0 saturated carbocycles. The molecule has 1 amide bonds. The van der Waals surface area contributed by atoms with Gasteiger partial charge < -0.3 is 14.6 Å². The van der Waals surface area contributed by atoms with Crippen LogP contribution in [0.5, 0.6) is 0 Å². The Kier molecular flexibility index (Phi) is 8.43. The minimum atomic E-state index is -1.32. The summed E-state index contributed by atoms with van der Waals surface area (Å²) >= 11 is 0. The molecule has 1 aromatic heterocycles. The quantitative estimate of drug-likeness (QED) is 0.596. The van der Waals surface area contributed by atoms with Crippen molar-refractivity contribution in [2.45, 2.75) is 46.3 Å². The van der Waals surface area contributed by atoms with Crippen LogP contribution in [0.2, 0.25) is 0 Å². The molecule has 0 unspecified atom stereocenters. The Labute approximate surface area is 188 Å². The summed E-state index contributed by atoms with van der Waals surface area (Å²) in [4.78, 5) is 19.2. The van der Waals surface area contributed by atoms with Crippen molar-refractivity contribution in [1.29, 1.82) is 0 Å². The van der Waals surface area contributed by atoms with Gasteiger partial charge in [0.2, 0.25) is 11.8 Å². The maximum Gasteiger partial charge on any atom is 0.232 e. The van der Waals surface area contributed by atoms with Gasteiger partial charge in [-0.1, -0.05) is 31.5 Å². The lowest BCUT2D eigenvalue weighted by atomic mass is 9.92. The van der Waals surface area contributed by atoms with Crippen molar-refractivity contribution in [1.82, 2.24) is 15.2 Å². The van der Waals surface area contributed by atoms with Gasteiger partial charge in [-0.3, -0.25) is 9.00 Å². The van der Waals surface area contributed by atoms with Crippen LogP contribution in [0.15, 0.2) is 28.7 Å². The number of aryl methyl sites for hydroxylation is 2. The number of carbonyl (C=O) groups is 1. The predicted octanol–water partition coefficient (Wildman–Crippen LogP) is 3.69. The van der Waals surface area contributed by atoms with Crippen LogP contribution in [-0.2, 0) is 21.3 Å². The molecule has 6 nitrogen and oxygen atoms in total. The van der Waals surface area contributed by atoms with E-state index in [4.69, 9.17) is 4.42 Å². The van der Waals surface area contributed by atoms with Crippen molar-refractivity contribution < 1.29 is 13.4 Å². The molecule has 2 aromatic rings. The van der Waals surface area contributed by atoms with E-state index in [1.54, 1.807) is 0 Å². The van der Waals surface area contributed by atoms with Gasteiger partial charge in [0.1, 0.15) is 11.5 Å². The summed E-state index contributed by atoms with van der Waals surface area (Å²) in [6, 6.07) is 7.92. The zero-order valence-electron chi connectivity index (χ0n) is 19.1. The van der Waals surface area contributed by atoms with E-state index in [2.05, 4.69) is 29.0 Å². The highest BCUT2D eigenvalue weighted by Gasteiger charge is 2.21. The maximum atomic E-state index is 12.5. The monoisotopic (exact) mass is 445 g/mol. The Morgan fingerprint density at radius 3 is 2.55 bits per heavy atom. The van der Waals surface area contributed by atoms with E-state index in [1.807, 2.05) is 38.1 Å². The summed E-state index contributed by atoms with van der Waals surface area (Å²) < 4.78 is 18.2. The van der Waals surface area contributed by atoms with Crippen LogP contribution >= 0.6 is 0 Å². The smallest absolute Gasteiger partial charge is 0.232 e. The van der Waals surface area contributed by atoms with Gasteiger partial charge in [-0.05, 0) is 57.2 Å². The fourth-order valence-corrected chi connectivity index (χ4v) is 5.36. The summed E-state index contributed by atoms with van der Waals surface area (Å²) in [5.41, 5.74) is 2.70. The van der Waals surface area contributed by atoms with E-state index in [0.29, 0.717) is 23.9 Å². The van der Waals surface area contributed by atoms with Gasteiger partial charge in [0, 0.05) is 36.0 Å². The molecule has 2 heterocycles. The number of piperidine rings is 1. The van der Waals surface area contributed by atoms with Crippen LogP contribution in [0.3, 0.4) is 0 Å². The van der Waals surface area contributed by atoms with Crippen LogP contribution in [0.1, 0.15) is 43.7 Å². The third kappa shape index (κ3) is 7.28. The van der Waals surface area contributed by atoms with Gasteiger partial charge in [0.25, 0.3) is 0 Å². The standard InChI is InChI=1S/C24H35N3O3S/c1-17-6-8-21(9-7-17)24-26-22(20(4)30-24)15-31(29)16-23(28)25-10-5-11-27-13-18(2)12-19(3)14-27/h6-9,18-19H,5,10-16H2,1-4H3,(H,25,28)/t18-,19+,31-/m1/s1.